The number of carbonyl (C=O) groups is 1. The van der Waals surface area contributed by atoms with Crippen LogP contribution in [-0.4, -0.2) is 45.7 Å². The van der Waals surface area contributed by atoms with E-state index in [2.05, 4.69) is 36.3 Å². The van der Waals surface area contributed by atoms with E-state index >= 15 is 0 Å². The van der Waals surface area contributed by atoms with E-state index in [4.69, 9.17) is 0 Å². The predicted molar refractivity (Wildman–Crippen MR) is 76.7 cm³/mol. The number of hydrogen-bond acceptors (Lipinski definition) is 5. The van der Waals surface area contributed by atoms with Crippen molar-refractivity contribution in [2.45, 2.75) is 0 Å². The summed E-state index contributed by atoms with van der Waals surface area (Å²) < 4.78 is 24.7. The highest BCUT2D eigenvalue weighted by atomic mass is 79.9. The third-order valence-corrected chi connectivity index (χ3v) is 3.27. The Morgan fingerprint density at radius 1 is 1.42 bits per heavy atom. The Balaban J connectivity index is 2.61. The predicted octanol–water partition coefficient (Wildman–Crippen LogP) is 0.165. The quantitative estimate of drug-likeness (QED) is 0.634. The van der Waals surface area contributed by atoms with Crippen LogP contribution in [0.1, 0.15) is 10.4 Å². The van der Waals surface area contributed by atoms with Crippen molar-refractivity contribution in [3.63, 3.8) is 0 Å². The van der Waals surface area contributed by atoms with Crippen LogP contribution in [0.4, 0.5) is 5.82 Å². The van der Waals surface area contributed by atoms with Crippen molar-refractivity contribution < 1.29 is 13.2 Å². The normalized spacial score (nSPS) is 11.1. The van der Waals surface area contributed by atoms with E-state index in [1.54, 1.807) is 19.3 Å². The van der Waals surface area contributed by atoms with E-state index in [1.807, 2.05) is 0 Å². The van der Waals surface area contributed by atoms with Gasteiger partial charge in [0.25, 0.3) is 5.91 Å². The molecular formula is C10H15BrN4O3S. The standard InChI is InChI=1S/C10H15BrN4O3S/c1-12-9-8(5-7(11)6-14-9)10(16)13-3-4-15-19(2,17)18/h5-6,15H,3-4H2,1-2H3,(H,12,14)(H,13,16). The van der Waals surface area contributed by atoms with E-state index in [0.717, 1.165) is 6.26 Å². The van der Waals surface area contributed by atoms with Gasteiger partial charge in [-0.05, 0) is 22.0 Å². The van der Waals surface area contributed by atoms with E-state index in [0.29, 0.717) is 15.9 Å². The number of aromatic nitrogens is 1. The van der Waals surface area contributed by atoms with E-state index in [1.165, 1.54) is 0 Å². The zero-order valence-corrected chi connectivity index (χ0v) is 12.9. The van der Waals surface area contributed by atoms with Gasteiger partial charge in [0.15, 0.2) is 0 Å². The van der Waals surface area contributed by atoms with Gasteiger partial charge in [-0.1, -0.05) is 0 Å². The Hall–Kier alpha value is -1.19. The fourth-order valence-corrected chi connectivity index (χ4v) is 2.12. The average Bonchev–Trinajstić information content (AvgIpc) is 2.33. The van der Waals surface area contributed by atoms with Crippen LogP contribution in [0.2, 0.25) is 0 Å². The summed E-state index contributed by atoms with van der Waals surface area (Å²) in [5.74, 6) is 0.130. The molecule has 0 saturated carbocycles. The first-order valence-electron chi connectivity index (χ1n) is 5.39. The number of hydrogen-bond donors (Lipinski definition) is 3. The molecule has 0 fully saturated rings. The highest BCUT2D eigenvalue weighted by Gasteiger charge is 2.12. The molecule has 106 valence electrons. The zero-order valence-electron chi connectivity index (χ0n) is 10.5. The molecule has 0 saturated heterocycles. The van der Waals surface area contributed by atoms with Crippen LogP contribution in [0.25, 0.3) is 0 Å². The molecular weight excluding hydrogens is 336 g/mol. The summed E-state index contributed by atoms with van der Waals surface area (Å²) >= 11 is 3.24. The highest BCUT2D eigenvalue weighted by Crippen LogP contribution is 2.17. The van der Waals surface area contributed by atoms with Crippen molar-refractivity contribution in [3.8, 4) is 0 Å². The molecule has 1 amide bonds. The number of nitrogens with one attached hydrogen (secondary N) is 3. The van der Waals surface area contributed by atoms with Crippen molar-refractivity contribution in [2.24, 2.45) is 0 Å². The second-order valence-corrected chi connectivity index (χ2v) is 6.47. The minimum absolute atomic E-state index is 0.140. The molecule has 0 aromatic carbocycles. The van der Waals surface area contributed by atoms with Crippen molar-refractivity contribution in [3.05, 3.63) is 22.3 Å². The lowest BCUT2D eigenvalue weighted by molar-refractivity contribution is 0.0955. The maximum absolute atomic E-state index is 11.9. The molecule has 9 heteroatoms. The van der Waals surface area contributed by atoms with Crippen molar-refractivity contribution in [1.29, 1.82) is 0 Å². The third kappa shape index (κ3) is 5.53. The van der Waals surface area contributed by atoms with Gasteiger partial charge in [-0.3, -0.25) is 4.79 Å². The lowest BCUT2D eigenvalue weighted by atomic mass is 10.2. The zero-order chi connectivity index (χ0) is 14.5. The van der Waals surface area contributed by atoms with Crippen molar-refractivity contribution in [2.75, 3.05) is 31.7 Å². The summed E-state index contributed by atoms with van der Waals surface area (Å²) in [4.78, 5) is 16.0. The van der Waals surface area contributed by atoms with Crippen molar-refractivity contribution >= 4 is 37.7 Å². The van der Waals surface area contributed by atoms with Gasteiger partial charge in [-0.25, -0.2) is 18.1 Å². The van der Waals surface area contributed by atoms with Crippen molar-refractivity contribution in [1.82, 2.24) is 15.0 Å². The van der Waals surface area contributed by atoms with Gasteiger partial charge in [-0.15, -0.1) is 0 Å². The Morgan fingerprint density at radius 3 is 2.68 bits per heavy atom. The molecule has 1 aromatic heterocycles. The molecule has 0 aliphatic carbocycles. The Kier molecular flexibility index (Phi) is 5.70. The molecule has 19 heavy (non-hydrogen) atoms. The molecule has 3 N–H and O–H groups in total. The number of rotatable bonds is 6. The number of anilines is 1. The second kappa shape index (κ2) is 6.83. The van der Waals surface area contributed by atoms with Crippen LogP contribution in [0.15, 0.2) is 16.7 Å². The van der Waals surface area contributed by atoms with Gasteiger partial charge in [0, 0.05) is 30.8 Å². The van der Waals surface area contributed by atoms with Gasteiger partial charge in [0.1, 0.15) is 5.82 Å². The number of carbonyl (C=O) groups excluding carboxylic acids is 1. The minimum atomic E-state index is -3.24. The van der Waals surface area contributed by atoms with Gasteiger partial charge in [-0.2, -0.15) is 0 Å². The molecule has 1 rings (SSSR count). The summed E-state index contributed by atoms with van der Waals surface area (Å²) in [5.41, 5.74) is 0.385. The maximum Gasteiger partial charge on any atom is 0.255 e. The highest BCUT2D eigenvalue weighted by molar-refractivity contribution is 9.10. The fourth-order valence-electron chi connectivity index (χ4n) is 1.32. The molecule has 0 aliphatic heterocycles. The van der Waals surface area contributed by atoms with E-state index in [-0.39, 0.29) is 19.0 Å². The Morgan fingerprint density at radius 2 is 2.11 bits per heavy atom. The smallest absolute Gasteiger partial charge is 0.255 e. The molecule has 0 aliphatic rings. The maximum atomic E-state index is 11.9. The van der Waals surface area contributed by atoms with Crippen LogP contribution in [0, 0.1) is 0 Å². The molecule has 0 bridgehead atoms. The summed E-state index contributed by atoms with van der Waals surface area (Å²) in [6.07, 6.45) is 2.64. The lowest BCUT2D eigenvalue weighted by Gasteiger charge is -2.09. The van der Waals surface area contributed by atoms with Crippen LogP contribution in [0.5, 0.6) is 0 Å². The molecule has 7 nitrogen and oxygen atoms in total. The van der Waals surface area contributed by atoms with Gasteiger partial charge < -0.3 is 10.6 Å². The van der Waals surface area contributed by atoms with Crippen LogP contribution >= 0.6 is 15.9 Å². The molecule has 0 atom stereocenters. The Bertz CT molecular complexity index is 562. The van der Waals surface area contributed by atoms with Crippen LogP contribution in [0.3, 0.4) is 0 Å². The number of nitrogens with zero attached hydrogens (tertiary/aromatic N) is 1. The fraction of sp³-hybridized carbons (Fsp3) is 0.400. The second-order valence-electron chi connectivity index (χ2n) is 3.72. The summed E-state index contributed by atoms with van der Waals surface area (Å²) in [5, 5.41) is 5.42. The van der Waals surface area contributed by atoms with Gasteiger partial charge >= 0.3 is 0 Å². The molecule has 0 spiro atoms. The topological polar surface area (TPSA) is 100 Å². The minimum Gasteiger partial charge on any atom is -0.372 e. The first kappa shape index (κ1) is 15.9. The number of amides is 1. The van der Waals surface area contributed by atoms with E-state index < -0.39 is 10.0 Å². The number of pyridine rings is 1. The largest absolute Gasteiger partial charge is 0.372 e. The number of sulfonamides is 1. The Labute approximate surface area is 120 Å². The lowest BCUT2D eigenvalue weighted by Crippen LogP contribution is -2.34. The summed E-state index contributed by atoms with van der Waals surface area (Å²) in [6, 6.07) is 1.64. The van der Waals surface area contributed by atoms with Crippen LogP contribution < -0.4 is 15.4 Å². The van der Waals surface area contributed by atoms with Gasteiger partial charge in [0.2, 0.25) is 10.0 Å². The SMILES string of the molecule is CNc1ncc(Br)cc1C(=O)NCCNS(C)(=O)=O. The molecule has 0 radical (unpaired) electrons. The first-order chi connectivity index (χ1) is 8.83. The molecule has 1 heterocycles. The van der Waals surface area contributed by atoms with Crippen LogP contribution in [-0.2, 0) is 10.0 Å². The average molecular weight is 351 g/mol. The summed E-state index contributed by atoms with van der Waals surface area (Å²) in [6.45, 7) is 0.336. The first-order valence-corrected chi connectivity index (χ1v) is 8.08. The number of halogens is 1. The van der Waals surface area contributed by atoms with E-state index in [9.17, 15) is 13.2 Å². The third-order valence-electron chi connectivity index (χ3n) is 2.11. The summed E-state index contributed by atoms with van der Waals surface area (Å²) in [7, 11) is -1.57. The van der Waals surface area contributed by atoms with Gasteiger partial charge in [0.05, 0.1) is 11.8 Å². The monoisotopic (exact) mass is 350 g/mol. The molecule has 1 aromatic rings. The molecule has 0 unspecified atom stereocenters.